The fraction of sp³-hybridized carbons (Fsp3) is 0.917. The molecule has 45 heavy (non-hydrogen) atoms. The van der Waals surface area contributed by atoms with Crippen LogP contribution in [0.2, 0.25) is 0 Å². The minimum Gasteiger partial charge on any atom is -0.481 e. The summed E-state index contributed by atoms with van der Waals surface area (Å²) in [6, 6.07) is 0. The first-order valence-corrected chi connectivity index (χ1v) is 17.4. The summed E-state index contributed by atoms with van der Waals surface area (Å²) in [5.74, 6) is -0.312. The minimum absolute atomic E-state index is 0.0139. The molecule has 1 saturated heterocycles. The van der Waals surface area contributed by atoms with E-state index in [4.69, 9.17) is 9.47 Å². The molecule has 1 heterocycles. The Morgan fingerprint density at radius 1 is 0.889 bits per heavy atom. The van der Waals surface area contributed by atoms with Gasteiger partial charge in [-0.25, -0.2) is 0 Å². The number of carbonyl (C=O) groups is 1. The Labute approximate surface area is 268 Å². The number of fused-ring (bicyclic) bond motifs is 7. The largest absolute Gasteiger partial charge is 0.481 e. The van der Waals surface area contributed by atoms with Crippen molar-refractivity contribution in [2.75, 3.05) is 6.61 Å². The Kier molecular flexibility index (Phi) is 8.05. The lowest BCUT2D eigenvalue weighted by Gasteiger charge is -2.71. The first kappa shape index (κ1) is 33.8. The normalized spacial score (nSPS) is 57.9. The summed E-state index contributed by atoms with van der Waals surface area (Å²) in [4.78, 5) is 12.9. The molecule has 1 unspecified atom stereocenters. The van der Waals surface area contributed by atoms with Crippen LogP contribution in [0.4, 0.5) is 0 Å². The molecule has 0 aromatic heterocycles. The number of aliphatic hydroxyl groups is 5. The highest BCUT2D eigenvalue weighted by atomic mass is 16.7. The maximum atomic E-state index is 12.9. The number of aliphatic hydroxyl groups excluding tert-OH is 5. The number of rotatable bonds is 4. The lowest BCUT2D eigenvalue weighted by molar-refractivity contribution is -0.323. The van der Waals surface area contributed by atoms with Crippen LogP contribution in [0.15, 0.2) is 11.6 Å². The number of hydrogen-bond donors (Lipinski definition) is 6. The van der Waals surface area contributed by atoms with Gasteiger partial charge in [0, 0.05) is 10.8 Å². The summed E-state index contributed by atoms with van der Waals surface area (Å²) in [6.45, 7) is 15.0. The van der Waals surface area contributed by atoms with Gasteiger partial charge in [0.05, 0.1) is 30.3 Å². The van der Waals surface area contributed by atoms with Crippen molar-refractivity contribution in [2.45, 2.75) is 149 Å². The van der Waals surface area contributed by atoms with Crippen LogP contribution in [0.5, 0.6) is 0 Å². The smallest absolute Gasteiger partial charge is 0.309 e. The molecule has 16 atom stereocenters. The molecule has 6 rings (SSSR count). The maximum absolute atomic E-state index is 12.9. The molecule has 5 fully saturated rings. The van der Waals surface area contributed by atoms with Gasteiger partial charge < -0.3 is 40.1 Å². The summed E-state index contributed by atoms with van der Waals surface area (Å²) >= 11 is 0. The fourth-order valence-corrected chi connectivity index (χ4v) is 12.1. The molecule has 256 valence electrons. The van der Waals surface area contributed by atoms with E-state index in [9.17, 15) is 35.4 Å². The van der Waals surface area contributed by atoms with Crippen molar-refractivity contribution in [1.29, 1.82) is 0 Å². The third-order valence-electron chi connectivity index (χ3n) is 15.6. The van der Waals surface area contributed by atoms with E-state index in [1.165, 1.54) is 5.57 Å². The van der Waals surface area contributed by atoms with Gasteiger partial charge in [0.1, 0.15) is 18.3 Å². The summed E-state index contributed by atoms with van der Waals surface area (Å²) in [5, 5.41) is 63.7. The number of ether oxygens (including phenoxy) is 2. The Balaban J connectivity index is 1.38. The van der Waals surface area contributed by atoms with Gasteiger partial charge in [0.15, 0.2) is 6.29 Å². The standard InChI is InChI=1S/C36H58O9/c1-19-26(39)27(40)28(41)29(44-19)45-25-17-31(2,30(42)43)16-21-20-8-9-23-33(4)12-11-24(38)34(5,18-37)22(33)10-13-36(23,7)35(20,6)15-14-32(21,25)3/h8,19,21-29,37-41H,9-18H2,1-7H3,(H,42,43)/t19-,21-,22?,23+,24-,25+,26-,27+,28+,29-,31-,32+,33-,34+,35+,36+/m0/s1. The van der Waals surface area contributed by atoms with Crippen LogP contribution in [0.1, 0.15) is 106 Å². The van der Waals surface area contributed by atoms with E-state index in [0.717, 1.165) is 38.5 Å². The van der Waals surface area contributed by atoms with Gasteiger partial charge in [-0.15, -0.1) is 0 Å². The highest BCUT2D eigenvalue weighted by Gasteiger charge is 2.70. The van der Waals surface area contributed by atoms with Crippen LogP contribution in [0, 0.1) is 50.2 Å². The summed E-state index contributed by atoms with van der Waals surface area (Å²) in [6.07, 6.45) is 2.33. The molecule has 5 aliphatic carbocycles. The Bertz CT molecular complexity index is 1220. The molecule has 1 aliphatic heterocycles. The molecule has 0 spiro atoms. The predicted molar refractivity (Wildman–Crippen MR) is 167 cm³/mol. The second-order valence-electron chi connectivity index (χ2n) is 17.7. The zero-order valence-electron chi connectivity index (χ0n) is 28.3. The first-order valence-electron chi connectivity index (χ1n) is 17.4. The van der Waals surface area contributed by atoms with Gasteiger partial charge in [-0.05, 0) is 106 Å². The summed E-state index contributed by atoms with van der Waals surface area (Å²) in [7, 11) is 0. The van der Waals surface area contributed by atoms with Crippen LogP contribution < -0.4 is 0 Å². The van der Waals surface area contributed by atoms with E-state index in [0.29, 0.717) is 18.8 Å². The molecule has 9 nitrogen and oxygen atoms in total. The van der Waals surface area contributed by atoms with Gasteiger partial charge in [0.25, 0.3) is 0 Å². The third-order valence-corrected chi connectivity index (χ3v) is 15.6. The Morgan fingerprint density at radius 3 is 2.22 bits per heavy atom. The highest BCUT2D eigenvalue weighted by molar-refractivity contribution is 5.74. The molecule has 6 aliphatic rings. The van der Waals surface area contributed by atoms with Crippen LogP contribution in [0.25, 0.3) is 0 Å². The zero-order chi connectivity index (χ0) is 33.1. The fourth-order valence-electron chi connectivity index (χ4n) is 12.1. The minimum atomic E-state index is -1.45. The molecule has 0 radical (unpaired) electrons. The number of hydrogen-bond acceptors (Lipinski definition) is 8. The number of carboxylic acid groups (broad SMARTS) is 1. The topological polar surface area (TPSA) is 157 Å². The number of carboxylic acids is 1. The van der Waals surface area contributed by atoms with Gasteiger partial charge in [-0.1, -0.05) is 46.3 Å². The van der Waals surface area contributed by atoms with Crippen LogP contribution in [-0.2, 0) is 14.3 Å². The third kappa shape index (κ3) is 4.46. The van der Waals surface area contributed by atoms with Gasteiger partial charge >= 0.3 is 5.97 Å². The van der Waals surface area contributed by atoms with Crippen molar-refractivity contribution in [3.05, 3.63) is 11.6 Å². The van der Waals surface area contributed by atoms with Crippen LogP contribution in [0.3, 0.4) is 0 Å². The highest BCUT2D eigenvalue weighted by Crippen LogP contribution is 2.76. The van der Waals surface area contributed by atoms with Crippen molar-refractivity contribution < 1.29 is 44.9 Å². The molecule has 6 N–H and O–H groups in total. The maximum Gasteiger partial charge on any atom is 0.309 e. The van der Waals surface area contributed by atoms with E-state index >= 15 is 0 Å². The quantitative estimate of drug-likeness (QED) is 0.251. The Hall–Kier alpha value is -1.07. The number of allylic oxidation sites excluding steroid dienone is 2. The lowest BCUT2D eigenvalue weighted by Crippen LogP contribution is -2.66. The van der Waals surface area contributed by atoms with E-state index in [1.807, 2.05) is 0 Å². The van der Waals surface area contributed by atoms with E-state index < -0.39 is 65.1 Å². The van der Waals surface area contributed by atoms with Crippen LogP contribution >= 0.6 is 0 Å². The monoisotopic (exact) mass is 634 g/mol. The Morgan fingerprint density at radius 2 is 1.58 bits per heavy atom. The molecular formula is C36H58O9. The molecular weight excluding hydrogens is 576 g/mol. The molecule has 4 saturated carbocycles. The zero-order valence-corrected chi connectivity index (χ0v) is 28.3. The van der Waals surface area contributed by atoms with Crippen molar-refractivity contribution >= 4 is 5.97 Å². The van der Waals surface area contributed by atoms with Gasteiger partial charge in [-0.3, -0.25) is 4.79 Å². The molecule has 0 aromatic carbocycles. The molecule has 0 bridgehead atoms. The molecule has 0 amide bonds. The van der Waals surface area contributed by atoms with Crippen molar-refractivity contribution in [3.8, 4) is 0 Å². The first-order chi connectivity index (χ1) is 20.8. The van der Waals surface area contributed by atoms with Gasteiger partial charge in [0.2, 0.25) is 0 Å². The van der Waals surface area contributed by atoms with E-state index in [1.54, 1.807) is 13.8 Å². The second kappa shape index (κ2) is 10.7. The van der Waals surface area contributed by atoms with Crippen molar-refractivity contribution in [2.24, 2.45) is 50.2 Å². The van der Waals surface area contributed by atoms with E-state index in [2.05, 4.69) is 40.7 Å². The van der Waals surface area contributed by atoms with Crippen molar-refractivity contribution in [1.82, 2.24) is 0 Å². The van der Waals surface area contributed by atoms with Gasteiger partial charge in [-0.2, -0.15) is 0 Å². The second-order valence-corrected chi connectivity index (χ2v) is 17.7. The number of aliphatic carboxylic acids is 1. The summed E-state index contributed by atoms with van der Waals surface area (Å²) < 4.78 is 12.4. The van der Waals surface area contributed by atoms with Crippen LogP contribution in [-0.4, -0.2) is 86.1 Å². The van der Waals surface area contributed by atoms with E-state index in [-0.39, 0.29) is 41.1 Å². The summed E-state index contributed by atoms with van der Waals surface area (Å²) in [5.41, 5.74) is -0.865. The average Bonchev–Trinajstić information content (AvgIpc) is 2.98. The predicted octanol–water partition coefficient (Wildman–Crippen LogP) is 4.03. The molecule has 9 heteroatoms. The SMILES string of the molecule is C[C@@H]1O[C@@H](O[C@@H]2C[C@@](C)(C(=O)O)C[C@H]3C4=CC[C@@H]5[C@@]6(C)CC[C@H](O)[C@](C)(CO)C6CC[C@@]5(C)[C@]4(C)CC[C@@]23C)[C@H](O)[C@H](O)[C@H]1O. The molecule has 0 aromatic rings. The lowest BCUT2D eigenvalue weighted by atomic mass is 9.33. The van der Waals surface area contributed by atoms with Crippen molar-refractivity contribution in [3.63, 3.8) is 0 Å². The average molecular weight is 635 g/mol.